The van der Waals surface area contributed by atoms with Gasteiger partial charge >= 0.3 is 0 Å². The van der Waals surface area contributed by atoms with Gasteiger partial charge in [0.15, 0.2) is 0 Å². The number of nitrogens with two attached hydrogens (primary N) is 1. The minimum absolute atomic E-state index is 0.496. The van der Waals surface area contributed by atoms with Crippen LogP contribution in [0.3, 0.4) is 0 Å². The standard InChI is InChI=1S/C13H22N2O/c1-10-5-6-13(12(14)7-10)16-9-11(2)8-15(3)4/h5-7,11H,8-9,14H2,1-4H3. The Labute approximate surface area is 98.2 Å². The molecule has 3 heteroatoms. The number of aryl methyl sites for hydroxylation is 1. The lowest BCUT2D eigenvalue weighted by atomic mass is 10.2. The van der Waals surface area contributed by atoms with Gasteiger partial charge < -0.3 is 15.4 Å². The highest BCUT2D eigenvalue weighted by molar-refractivity contribution is 5.53. The van der Waals surface area contributed by atoms with Crippen molar-refractivity contribution in [3.8, 4) is 5.75 Å². The summed E-state index contributed by atoms with van der Waals surface area (Å²) in [6.45, 7) is 5.91. The predicted octanol–water partition coefficient (Wildman–Crippen LogP) is 2.15. The molecule has 0 radical (unpaired) electrons. The third-order valence-electron chi connectivity index (χ3n) is 2.37. The second-order valence-corrected chi connectivity index (χ2v) is 4.72. The molecule has 1 atom stereocenters. The molecule has 0 aliphatic heterocycles. The van der Waals surface area contributed by atoms with E-state index in [2.05, 4.69) is 25.9 Å². The topological polar surface area (TPSA) is 38.5 Å². The summed E-state index contributed by atoms with van der Waals surface area (Å²) in [6, 6.07) is 5.89. The third kappa shape index (κ3) is 4.11. The molecule has 1 rings (SSSR count). The molecule has 16 heavy (non-hydrogen) atoms. The van der Waals surface area contributed by atoms with Crippen LogP contribution in [0.5, 0.6) is 5.75 Å². The van der Waals surface area contributed by atoms with Gasteiger partial charge in [-0.05, 0) is 38.7 Å². The van der Waals surface area contributed by atoms with Gasteiger partial charge in [-0.15, -0.1) is 0 Å². The van der Waals surface area contributed by atoms with E-state index in [0.29, 0.717) is 12.5 Å². The van der Waals surface area contributed by atoms with Gasteiger partial charge in [-0.25, -0.2) is 0 Å². The molecule has 0 fully saturated rings. The van der Waals surface area contributed by atoms with E-state index in [4.69, 9.17) is 10.5 Å². The summed E-state index contributed by atoms with van der Waals surface area (Å²) in [6.07, 6.45) is 0. The maximum absolute atomic E-state index is 5.87. The quantitative estimate of drug-likeness (QED) is 0.776. The van der Waals surface area contributed by atoms with Crippen LogP contribution in [0, 0.1) is 12.8 Å². The predicted molar refractivity (Wildman–Crippen MR) is 68.8 cm³/mol. The summed E-state index contributed by atoms with van der Waals surface area (Å²) in [5.41, 5.74) is 7.75. The Balaban J connectivity index is 2.48. The molecular weight excluding hydrogens is 200 g/mol. The van der Waals surface area contributed by atoms with Crippen LogP contribution in [-0.4, -0.2) is 32.1 Å². The summed E-state index contributed by atoms with van der Waals surface area (Å²) >= 11 is 0. The SMILES string of the molecule is Cc1ccc(OCC(C)CN(C)C)c(N)c1. The van der Waals surface area contributed by atoms with E-state index in [1.54, 1.807) is 0 Å². The molecule has 3 nitrogen and oxygen atoms in total. The van der Waals surface area contributed by atoms with Crippen molar-refractivity contribution in [2.24, 2.45) is 5.92 Å². The van der Waals surface area contributed by atoms with Crippen LogP contribution < -0.4 is 10.5 Å². The molecule has 2 N–H and O–H groups in total. The normalized spacial score (nSPS) is 12.8. The minimum Gasteiger partial charge on any atom is -0.491 e. The Morgan fingerprint density at radius 3 is 2.62 bits per heavy atom. The summed E-state index contributed by atoms with van der Waals surface area (Å²) in [5, 5.41) is 0. The zero-order valence-corrected chi connectivity index (χ0v) is 10.7. The summed E-state index contributed by atoms with van der Waals surface area (Å²) in [7, 11) is 4.13. The molecule has 90 valence electrons. The van der Waals surface area contributed by atoms with Crippen molar-refractivity contribution in [1.82, 2.24) is 4.90 Å². The van der Waals surface area contributed by atoms with Crippen molar-refractivity contribution in [2.75, 3.05) is 33.0 Å². The maximum atomic E-state index is 5.87. The highest BCUT2D eigenvalue weighted by atomic mass is 16.5. The first kappa shape index (κ1) is 12.8. The van der Waals surface area contributed by atoms with Crippen LogP contribution >= 0.6 is 0 Å². The van der Waals surface area contributed by atoms with Gasteiger partial charge in [0, 0.05) is 12.5 Å². The van der Waals surface area contributed by atoms with E-state index in [9.17, 15) is 0 Å². The largest absolute Gasteiger partial charge is 0.491 e. The van der Waals surface area contributed by atoms with E-state index in [1.807, 2.05) is 25.1 Å². The van der Waals surface area contributed by atoms with Crippen LogP contribution in [0.4, 0.5) is 5.69 Å². The molecule has 1 aromatic carbocycles. The third-order valence-corrected chi connectivity index (χ3v) is 2.37. The number of benzene rings is 1. The molecule has 0 amide bonds. The minimum atomic E-state index is 0.496. The van der Waals surface area contributed by atoms with Crippen molar-refractivity contribution >= 4 is 5.69 Å². The first-order chi connectivity index (χ1) is 7.49. The summed E-state index contributed by atoms with van der Waals surface area (Å²) < 4.78 is 5.70. The zero-order valence-electron chi connectivity index (χ0n) is 10.7. The number of rotatable bonds is 5. The van der Waals surface area contributed by atoms with Gasteiger partial charge in [-0.3, -0.25) is 0 Å². The lowest BCUT2D eigenvalue weighted by molar-refractivity contribution is 0.223. The van der Waals surface area contributed by atoms with Crippen LogP contribution in [0.1, 0.15) is 12.5 Å². The Bertz CT molecular complexity index is 337. The molecule has 0 saturated carbocycles. The van der Waals surface area contributed by atoms with Crippen molar-refractivity contribution in [2.45, 2.75) is 13.8 Å². The molecule has 0 aromatic heterocycles. The van der Waals surface area contributed by atoms with Crippen molar-refractivity contribution in [3.05, 3.63) is 23.8 Å². The van der Waals surface area contributed by atoms with Gasteiger partial charge in [-0.1, -0.05) is 13.0 Å². The Hall–Kier alpha value is -1.22. The van der Waals surface area contributed by atoms with Crippen molar-refractivity contribution < 1.29 is 4.74 Å². The first-order valence-corrected chi connectivity index (χ1v) is 5.62. The first-order valence-electron chi connectivity index (χ1n) is 5.62. The molecule has 0 aliphatic rings. The fraction of sp³-hybridized carbons (Fsp3) is 0.538. The molecule has 0 aliphatic carbocycles. The van der Waals surface area contributed by atoms with Gasteiger partial charge in [-0.2, -0.15) is 0 Å². The number of hydrogen-bond acceptors (Lipinski definition) is 3. The van der Waals surface area contributed by atoms with E-state index >= 15 is 0 Å². The number of nitrogens with zero attached hydrogens (tertiary/aromatic N) is 1. The second kappa shape index (κ2) is 5.75. The number of hydrogen-bond donors (Lipinski definition) is 1. The van der Waals surface area contributed by atoms with Gasteiger partial charge in [0.2, 0.25) is 0 Å². The molecule has 1 unspecified atom stereocenters. The average molecular weight is 222 g/mol. The highest BCUT2D eigenvalue weighted by Crippen LogP contribution is 2.22. The molecule has 0 saturated heterocycles. The molecule has 0 bridgehead atoms. The van der Waals surface area contributed by atoms with Gasteiger partial charge in [0.1, 0.15) is 5.75 Å². The fourth-order valence-electron chi connectivity index (χ4n) is 1.71. The number of nitrogen functional groups attached to an aromatic ring is 1. The monoisotopic (exact) mass is 222 g/mol. The van der Waals surface area contributed by atoms with Crippen LogP contribution in [-0.2, 0) is 0 Å². The van der Waals surface area contributed by atoms with E-state index in [1.165, 1.54) is 0 Å². The molecule has 1 aromatic rings. The van der Waals surface area contributed by atoms with Crippen LogP contribution in [0.15, 0.2) is 18.2 Å². The fourth-order valence-corrected chi connectivity index (χ4v) is 1.71. The molecule has 0 spiro atoms. The number of ether oxygens (including phenoxy) is 1. The molecular formula is C13H22N2O. The van der Waals surface area contributed by atoms with Gasteiger partial charge in [0.05, 0.1) is 12.3 Å². The zero-order chi connectivity index (χ0) is 12.1. The highest BCUT2D eigenvalue weighted by Gasteiger charge is 2.06. The molecule has 0 heterocycles. The number of anilines is 1. The van der Waals surface area contributed by atoms with Crippen molar-refractivity contribution in [1.29, 1.82) is 0 Å². The smallest absolute Gasteiger partial charge is 0.142 e. The van der Waals surface area contributed by atoms with E-state index in [-0.39, 0.29) is 0 Å². The Morgan fingerprint density at radius 2 is 2.06 bits per heavy atom. The lowest BCUT2D eigenvalue weighted by Gasteiger charge is -2.18. The van der Waals surface area contributed by atoms with E-state index in [0.717, 1.165) is 23.5 Å². The van der Waals surface area contributed by atoms with E-state index < -0.39 is 0 Å². The van der Waals surface area contributed by atoms with Crippen molar-refractivity contribution in [3.63, 3.8) is 0 Å². The summed E-state index contributed by atoms with van der Waals surface area (Å²) in [4.78, 5) is 2.16. The average Bonchev–Trinajstić information content (AvgIpc) is 2.15. The lowest BCUT2D eigenvalue weighted by Crippen LogP contribution is -2.24. The summed E-state index contributed by atoms with van der Waals surface area (Å²) in [5.74, 6) is 1.28. The Kier molecular flexibility index (Phi) is 4.62. The second-order valence-electron chi connectivity index (χ2n) is 4.72. The van der Waals surface area contributed by atoms with Crippen LogP contribution in [0.2, 0.25) is 0 Å². The van der Waals surface area contributed by atoms with Gasteiger partial charge in [0.25, 0.3) is 0 Å². The maximum Gasteiger partial charge on any atom is 0.142 e. The van der Waals surface area contributed by atoms with Crippen LogP contribution in [0.25, 0.3) is 0 Å². The Morgan fingerprint density at radius 1 is 1.38 bits per heavy atom.